The van der Waals surface area contributed by atoms with Gasteiger partial charge in [0.25, 0.3) is 5.60 Å². The molecule has 27 heavy (non-hydrogen) atoms. The van der Waals surface area contributed by atoms with Crippen molar-refractivity contribution in [3.8, 4) is 0 Å². The number of hydrogen-bond acceptors (Lipinski definition) is 2. The van der Waals surface area contributed by atoms with Gasteiger partial charge in [0, 0.05) is 0 Å². The highest BCUT2D eigenvalue weighted by Gasteiger charge is 2.69. The molecule has 0 saturated heterocycles. The van der Waals surface area contributed by atoms with Crippen molar-refractivity contribution in [1.82, 2.24) is 0 Å². The molecule has 2 N–H and O–H groups in total. The largest absolute Gasteiger partial charge is 0.429 e. The maximum Gasteiger partial charge on any atom is 0.429 e. The molecule has 0 spiro atoms. The summed E-state index contributed by atoms with van der Waals surface area (Å²) in [5, 5.41) is 19.6. The summed E-state index contributed by atoms with van der Waals surface area (Å²) < 4.78 is 76.9. The zero-order valence-corrected chi connectivity index (χ0v) is 15.2. The molecule has 3 aliphatic rings. The molecule has 2 nitrogen and oxygen atoms in total. The first-order valence-electron chi connectivity index (χ1n) is 9.48. The first-order chi connectivity index (χ1) is 12.3. The third-order valence-corrected chi connectivity index (χ3v) is 7.47. The zero-order chi connectivity index (χ0) is 20.3. The highest BCUT2D eigenvalue weighted by Crippen LogP contribution is 2.69. The van der Waals surface area contributed by atoms with E-state index in [0.29, 0.717) is 0 Å². The Hall–Kier alpha value is -0.760. The lowest BCUT2D eigenvalue weighted by Gasteiger charge is -2.46. The van der Waals surface area contributed by atoms with Crippen molar-refractivity contribution < 1.29 is 36.6 Å². The van der Waals surface area contributed by atoms with Gasteiger partial charge in [0.05, 0.1) is 6.10 Å². The van der Waals surface area contributed by atoms with E-state index in [9.17, 15) is 36.6 Å². The predicted octanol–water partition coefficient (Wildman–Crippen LogP) is 5.15. The number of aliphatic hydroxyl groups excluding tert-OH is 1. The van der Waals surface area contributed by atoms with Gasteiger partial charge in [0.15, 0.2) is 0 Å². The molecule has 0 aromatic heterocycles. The summed E-state index contributed by atoms with van der Waals surface area (Å²) in [6, 6.07) is 0. The Morgan fingerprint density at radius 1 is 0.963 bits per heavy atom. The molecule has 3 saturated carbocycles. The van der Waals surface area contributed by atoms with Crippen LogP contribution in [0.25, 0.3) is 0 Å². The zero-order valence-electron chi connectivity index (χ0n) is 15.2. The minimum absolute atomic E-state index is 0.0878. The van der Waals surface area contributed by atoms with Crippen LogP contribution in [0.5, 0.6) is 0 Å². The predicted molar refractivity (Wildman–Crippen MR) is 86.7 cm³/mol. The second kappa shape index (κ2) is 6.37. The van der Waals surface area contributed by atoms with Crippen LogP contribution in [0, 0.1) is 22.7 Å². The minimum atomic E-state index is -5.82. The van der Waals surface area contributed by atoms with Crippen LogP contribution in [-0.2, 0) is 0 Å². The normalized spacial score (nSPS) is 36.9. The van der Waals surface area contributed by atoms with E-state index in [2.05, 4.69) is 6.92 Å². The Morgan fingerprint density at radius 3 is 2.07 bits per heavy atom. The Labute approximate surface area is 154 Å². The Balaban J connectivity index is 1.77. The summed E-state index contributed by atoms with van der Waals surface area (Å²) in [6.45, 7) is 2.11. The van der Waals surface area contributed by atoms with Gasteiger partial charge in [-0.3, -0.25) is 0 Å². The van der Waals surface area contributed by atoms with Crippen molar-refractivity contribution in [1.29, 1.82) is 0 Å². The molecule has 8 heteroatoms. The molecule has 0 aromatic carbocycles. The van der Waals surface area contributed by atoms with Crippen LogP contribution < -0.4 is 0 Å². The third-order valence-electron chi connectivity index (χ3n) is 7.47. The number of fused-ring (bicyclic) bond motifs is 1. The molecule has 3 fully saturated rings. The molecule has 0 aliphatic heterocycles. The van der Waals surface area contributed by atoms with Crippen LogP contribution in [0.1, 0.15) is 58.3 Å². The van der Waals surface area contributed by atoms with Crippen LogP contribution in [0.15, 0.2) is 12.2 Å². The molecule has 156 valence electrons. The Morgan fingerprint density at radius 2 is 1.56 bits per heavy atom. The summed E-state index contributed by atoms with van der Waals surface area (Å²) in [4.78, 5) is 0. The first kappa shape index (κ1) is 21.0. The van der Waals surface area contributed by atoms with Gasteiger partial charge in [-0.25, -0.2) is 0 Å². The molecular weight excluding hydrogens is 374 g/mol. The molecule has 4 atom stereocenters. The van der Waals surface area contributed by atoms with Crippen LogP contribution in [0.4, 0.5) is 26.3 Å². The maximum atomic E-state index is 12.8. The van der Waals surface area contributed by atoms with Crippen LogP contribution >= 0.6 is 0 Å². The Bertz CT molecular complexity index is 578. The van der Waals surface area contributed by atoms with Crippen molar-refractivity contribution in [3.63, 3.8) is 0 Å². The number of allylic oxidation sites excluding steroid dienone is 1. The number of halogens is 6. The fourth-order valence-corrected chi connectivity index (χ4v) is 5.82. The van der Waals surface area contributed by atoms with Gasteiger partial charge in [-0.05, 0) is 73.7 Å². The summed E-state index contributed by atoms with van der Waals surface area (Å²) in [5.41, 5.74) is -5.25. The third kappa shape index (κ3) is 3.30. The second-order valence-corrected chi connectivity index (χ2v) is 8.93. The fraction of sp³-hybridized carbons (Fsp3) is 0.895. The van der Waals surface area contributed by atoms with Crippen molar-refractivity contribution in [2.45, 2.75) is 82.3 Å². The molecule has 0 radical (unpaired) electrons. The minimum Gasteiger partial charge on any atom is -0.393 e. The van der Waals surface area contributed by atoms with E-state index in [0.717, 1.165) is 51.0 Å². The van der Waals surface area contributed by atoms with Crippen molar-refractivity contribution in [2.24, 2.45) is 22.7 Å². The summed E-state index contributed by atoms with van der Waals surface area (Å²) >= 11 is 0. The summed E-state index contributed by atoms with van der Waals surface area (Å²) in [5.74, 6) is 0.333. The lowest BCUT2D eigenvalue weighted by molar-refractivity contribution is -0.347. The van der Waals surface area contributed by atoms with E-state index in [1.807, 2.05) is 0 Å². The SMILES string of the molecule is C[C@]12CCC[C@H](O)C1CC[C@@H]2C1(CC=CC(O)(C(F)(F)F)C(F)(F)F)CC1. The molecule has 1 unspecified atom stereocenters. The Kier molecular flexibility index (Phi) is 4.95. The molecule has 0 heterocycles. The van der Waals surface area contributed by atoms with Gasteiger partial charge in [-0.2, -0.15) is 26.3 Å². The number of alkyl halides is 6. The lowest BCUT2D eigenvalue weighted by Crippen LogP contribution is -2.55. The van der Waals surface area contributed by atoms with Gasteiger partial charge in [0.2, 0.25) is 0 Å². The van der Waals surface area contributed by atoms with Crippen LogP contribution in [-0.4, -0.2) is 34.3 Å². The van der Waals surface area contributed by atoms with Crippen molar-refractivity contribution in [3.05, 3.63) is 12.2 Å². The average molecular weight is 400 g/mol. The average Bonchev–Trinajstić information content (AvgIpc) is 3.19. The fourth-order valence-electron chi connectivity index (χ4n) is 5.82. The summed E-state index contributed by atoms with van der Waals surface area (Å²) in [6.07, 6.45) is -5.41. The van der Waals surface area contributed by atoms with Crippen molar-refractivity contribution >= 4 is 0 Å². The van der Waals surface area contributed by atoms with Gasteiger partial charge in [-0.1, -0.05) is 19.4 Å². The van der Waals surface area contributed by atoms with E-state index < -0.39 is 18.0 Å². The van der Waals surface area contributed by atoms with Crippen LogP contribution in [0.2, 0.25) is 0 Å². The van der Waals surface area contributed by atoms with E-state index in [-0.39, 0.29) is 41.3 Å². The van der Waals surface area contributed by atoms with Gasteiger partial charge < -0.3 is 10.2 Å². The van der Waals surface area contributed by atoms with Crippen molar-refractivity contribution in [2.75, 3.05) is 0 Å². The number of aliphatic hydroxyl groups is 2. The molecular formula is C19H26F6O2. The van der Waals surface area contributed by atoms with E-state index in [1.165, 1.54) is 0 Å². The molecule has 0 amide bonds. The standard InChI is InChI=1S/C19H26F6O2/c1-15-7-2-4-13(26)12(15)5-6-14(15)16(10-11-16)8-3-9-17(27,18(20,21)22)19(23,24)25/h3,9,12-14,26-27H,2,4-8,10-11H2,1H3/t12?,13-,14-,15-/m0/s1. The van der Waals surface area contributed by atoms with Crippen LogP contribution in [0.3, 0.4) is 0 Å². The topological polar surface area (TPSA) is 40.5 Å². The first-order valence-corrected chi connectivity index (χ1v) is 9.48. The quantitative estimate of drug-likeness (QED) is 0.506. The number of hydrogen-bond donors (Lipinski definition) is 2. The van der Waals surface area contributed by atoms with E-state index >= 15 is 0 Å². The second-order valence-electron chi connectivity index (χ2n) is 8.93. The highest BCUT2D eigenvalue weighted by molar-refractivity contribution is 5.16. The summed E-state index contributed by atoms with van der Waals surface area (Å²) in [7, 11) is 0. The van der Waals surface area contributed by atoms with E-state index in [1.54, 1.807) is 0 Å². The van der Waals surface area contributed by atoms with Gasteiger partial charge in [-0.15, -0.1) is 0 Å². The molecule has 0 bridgehead atoms. The monoisotopic (exact) mass is 400 g/mol. The van der Waals surface area contributed by atoms with Gasteiger partial charge in [0.1, 0.15) is 0 Å². The number of rotatable bonds is 4. The lowest BCUT2D eigenvalue weighted by atomic mass is 9.60. The maximum absolute atomic E-state index is 12.8. The highest BCUT2D eigenvalue weighted by atomic mass is 19.4. The molecule has 3 aliphatic carbocycles. The molecule has 3 rings (SSSR count). The molecule has 0 aromatic rings. The van der Waals surface area contributed by atoms with E-state index in [4.69, 9.17) is 0 Å². The smallest absolute Gasteiger partial charge is 0.393 e. The van der Waals surface area contributed by atoms with Gasteiger partial charge >= 0.3 is 12.4 Å².